The van der Waals surface area contributed by atoms with Gasteiger partial charge in [0.25, 0.3) is 0 Å². The third-order valence-corrected chi connectivity index (χ3v) is 3.41. The van der Waals surface area contributed by atoms with Gasteiger partial charge in [-0.15, -0.1) is 11.3 Å². The van der Waals surface area contributed by atoms with Gasteiger partial charge < -0.3 is 10.6 Å². The van der Waals surface area contributed by atoms with Gasteiger partial charge in [0.05, 0.1) is 10.4 Å². The molecule has 1 heterocycles. The van der Waals surface area contributed by atoms with E-state index < -0.39 is 0 Å². The minimum atomic E-state index is 0.0341. The van der Waals surface area contributed by atoms with E-state index in [1.54, 1.807) is 0 Å². The molecule has 0 aliphatic carbocycles. The first kappa shape index (κ1) is 12.5. The van der Waals surface area contributed by atoms with E-state index in [4.69, 9.17) is 11.6 Å². The lowest BCUT2D eigenvalue weighted by Crippen LogP contribution is -2.28. The number of hydrogen-bond donors (Lipinski definition) is 2. The molecule has 1 rings (SSSR count). The van der Waals surface area contributed by atoms with Gasteiger partial charge in [-0.25, -0.2) is 0 Å². The Bertz CT molecular complexity index is 327. The van der Waals surface area contributed by atoms with E-state index in [9.17, 15) is 4.79 Å². The molecule has 0 aliphatic rings. The van der Waals surface area contributed by atoms with Crippen LogP contribution in [0.4, 0.5) is 0 Å². The van der Waals surface area contributed by atoms with Crippen LogP contribution < -0.4 is 10.6 Å². The molecular formula is C10H15ClN2OS. The number of nitrogens with one attached hydrogen (secondary N) is 2. The van der Waals surface area contributed by atoms with Crippen LogP contribution in [0.5, 0.6) is 0 Å². The van der Waals surface area contributed by atoms with Crippen LogP contribution in [0, 0.1) is 0 Å². The highest BCUT2D eigenvalue weighted by Gasteiger charge is 2.10. The molecule has 1 unspecified atom stereocenters. The summed E-state index contributed by atoms with van der Waals surface area (Å²) in [5, 5.41) is 5.85. The largest absolute Gasteiger partial charge is 0.349 e. The molecule has 84 valence electrons. The zero-order valence-corrected chi connectivity index (χ0v) is 10.4. The van der Waals surface area contributed by atoms with E-state index >= 15 is 0 Å². The predicted molar refractivity (Wildman–Crippen MR) is 64.4 cm³/mol. The molecule has 0 spiro atoms. The number of carbonyl (C=O) groups excluding carboxylic acids is 1. The van der Waals surface area contributed by atoms with Crippen molar-refractivity contribution in [3.8, 4) is 0 Å². The van der Waals surface area contributed by atoms with Crippen LogP contribution in [0.15, 0.2) is 12.1 Å². The lowest BCUT2D eigenvalue weighted by atomic mass is 10.2. The maximum Gasteiger partial charge on any atom is 0.221 e. The zero-order valence-electron chi connectivity index (χ0n) is 8.84. The smallest absolute Gasteiger partial charge is 0.221 e. The van der Waals surface area contributed by atoms with Crippen LogP contribution in [0.25, 0.3) is 0 Å². The minimum absolute atomic E-state index is 0.0341. The van der Waals surface area contributed by atoms with E-state index in [1.807, 2.05) is 26.1 Å². The lowest BCUT2D eigenvalue weighted by Gasteiger charge is -2.11. The van der Waals surface area contributed by atoms with Crippen molar-refractivity contribution in [1.29, 1.82) is 0 Å². The molecule has 1 amide bonds. The third kappa shape index (κ3) is 4.20. The van der Waals surface area contributed by atoms with Gasteiger partial charge in [0.15, 0.2) is 0 Å². The van der Waals surface area contributed by atoms with Gasteiger partial charge in [0.1, 0.15) is 0 Å². The predicted octanol–water partition coefficient (Wildman–Crippen LogP) is 2.19. The number of amides is 1. The second-order valence-electron chi connectivity index (χ2n) is 3.28. The van der Waals surface area contributed by atoms with Crippen molar-refractivity contribution in [1.82, 2.24) is 10.6 Å². The summed E-state index contributed by atoms with van der Waals surface area (Å²) in [6.45, 7) is 2.66. The summed E-state index contributed by atoms with van der Waals surface area (Å²) in [4.78, 5) is 12.5. The Morgan fingerprint density at radius 2 is 2.33 bits per heavy atom. The quantitative estimate of drug-likeness (QED) is 0.836. The summed E-state index contributed by atoms with van der Waals surface area (Å²) in [5.74, 6) is 0.0568. The molecular weight excluding hydrogens is 232 g/mol. The maximum absolute atomic E-state index is 11.4. The van der Waals surface area contributed by atoms with E-state index in [0.29, 0.717) is 13.0 Å². The van der Waals surface area contributed by atoms with Crippen LogP contribution in [0.2, 0.25) is 4.34 Å². The van der Waals surface area contributed by atoms with Crippen LogP contribution in [0.3, 0.4) is 0 Å². The van der Waals surface area contributed by atoms with Crippen LogP contribution in [-0.4, -0.2) is 19.5 Å². The number of hydrogen-bond acceptors (Lipinski definition) is 3. The number of halogens is 1. The van der Waals surface area contributed by atoms with Gasteiger partial charge in [-0.1, -0.05) is 11.6 Å². The fourth-order valence-corrected chi connectivity index (χ4v) is 2.25. The summed E-state index contributed by atoms with van der Waals surface area (Å²) >= 11 is 7.32. The van der Waals surface area contributed by atoms with E-state index in [2.05, 4.69) is 10.6 Å². The molecule has 0 aliphatic heterocycles. The molecule has 5 heteroatoms. The van der Waals surface area contributed by atoms with Gasteiger partial charge in [-0.2, -0.15) is 0 Å². The number of rotatable bonds is 5. The molecule has 2 N–H and O–H groups in total. The van der Waals surface area contributed by atoms with Crippen LogP contribution in [-0.2, 0) is 4.79 Å². The molecule has 1 atom stereocenters. The molecule has 0 radical (unpaired) electrons. The Morgan fingerprint density at radius 1 is 1.60 bits per heavy atom. The van der Waals surface area contributed by atoms with Crippen molar-refractivity contribution in [2.24, 2.45) is 0 Å². The normalized spacial score (nSPS) is 12.5. The highest BCUT2D eigenvalue weighted by molar-refractivity contribution is 7.16. The first-order chi connectivity index (χ1) is 7.13. The second kappa shape index (κ2) is 6.10. The summed E-state index contributed by atoms with van der Waals surface area (Å²) in [6, 6.07) is 3.82. The Labute approximate surface area is 98.8 Å². The van der Waals surface area contributed by atoms with Crippen molar-refractivity contribution >= 4 is 28.8 Å². The standard InChI is InChI=1S/C10H15ClN2OS/c1-7(8-3-4-9(11)15-8)13-10(14)5-6-12-2/h3-4,7,12H,5-6H2,1-2H3,(H,13,14). The minimum Gasteiger partial charge on any atom is -0.349 e. The summed E-state index contributed by atoms with van der Waals surface area (Å²) in [7, 11) is 1.83. The Hall–Kier alpha value is -0.580. The maximum atomic E-state index is 11.4. The summed E-state index contributed by atoms with van der Waals surface area (Å²) in [6.07, 6.45) is 0.500. The highest BCUT2D eigenvalue weighted by Crippen LogP contribution is 2.26. The lowest BCUT2D eigenvalue weighted by molar-refractivity contribution is -0.121. The van der Waals surface area contributed by atoms with Crippen LogP contribution in [0.1, 0.15) is 24.3 Å². The van der Waals surface area contributed by atoms with Gasteiger partial charge >= 0.3 is 0 Å². The van der Waals surface area contributed by atoms with Crippen molar-refractivity contribution in [3.63, 3.8) is 0 Å². The SMILES string of the molecule is CNCCC(=O)NC(C)c1ccc(Cl)s1. The Balaban J connectivity index is 2.41. The van der Waals surface area contributed by atoms with Crippen molar-refractivity contribution in [2.45, 2.75) is 19.4 Å². The van der Waals surface area contributed by atoms with Crippen molar-refractivity contribution in [3.05, 3.63) is 21.3 Å². The fraction of sp³-hybridized carbons (Fsp3) is 0.500. The highest BCUT2D eigenvalue weighted by atomic mass is 35.5. The van der Waals surface area contributed by atoms with Gasteiger partial charge in [0, 0.05) is 17.8 Å². The van der Waals surface area contributed by atoms with Gasteiger partial charge in [-0.3, -0.25) is 4.79 Å². The number of thiophene rings is 1. The fourth-order valence-electron chi connectivity index (χ4n) is 1.18. The van der Waals surface area contributed by atoms with Crippen molar-refractivity contribution in [2.75, 3.05) is 13.6 Å². The molecule has 0 aromatic carbocycles. The van der Waals surface area contributed by atoms with E-state index in [1.165, 1.54) is 11.3 Å². The van der Waals surface area contributed by atoms with Gasteiger partial charge in [-0.05, 0) is 26.1 Å². The second-order valence-corrected chi connectivity index (χ2v) is 5.03. The molecule has 0 saturated heterocycles. The van der Waals surface area contributed by atoms with Crippen LogP contribution >= 0.6 is 22.9 Å². The Morgan fingerprint density at radius 3 is 2.87 bits per heavy atom. The number of carbonyl (C=O) groups is 1. The summed E-state index contributed by atoms with van der Waals surface area (Å²) in [5.41, 5.74) is 0. The molecule has 0 bridgehead atoms. The first-order valence-corrected chi connectivity index (χ1v) is 6.02. The average Bonchev–Trinajstić information content (AvgIpc) is 2.61. The van der Waals surface area contributed by atoms with Gasteiger partial charge in [0.2, 0.25) is 5.91 Å². The topological polar surface area (TPSA) is 41.1 Å². The molecule has 1 aromatic rings. The van der Waals surface area contributed by atoms with E-state index in [0.717, 1.165) is 9.21 Å². The zero-order chi connectivity index (χ0) is 11.3. The average molecular weight is 247 g/mol. The molecule has 0 saturated carbocycles. The summed E-state index contributed by atoms with van der Waals surface area (Å²) < 4.78 is 0.751. The molecule has 0 fully saturated rings. The molecule has 1 aromatic heterocycles. The van der Waals surface area contributed by atoms with E-state index in [-0.39, 0.29) is 11.9 Å². The van der Waals surface area contributed by atoms with Crippen molar-refractivity contribution < 1.29 is 4.79 Å². The monoisotopic (exact) mass is 246 g/mol. The molecule has 15 heavy (non-hydrogen) atoms. The molecule has 3 nitrogen and oxygen atoms in total. The third-order valence-electron chi connectivity index (χ3n) is 2.00. The first-order valence-electron chi connectivity index (χ1n) is 4.82. The Kier molecular flexibility index (Phi) is 5.08.